The average molecular weight is 486 g/mol. The molecule has 2 aromatic carbocycles. The molecule has 2 heterocycles. The van der Waals surface area contributed by atoms with E-state index in [4.69, 9.17) is 16.3 Å². The van der Waals surface area contributed by atoms with Gasteiger partial charge in [0.1, 0.15) is 5.75 Å². The first kappa shape index (κ1) is 24.5. The van der Waals surface area contributed by atoms with Gasteiger partial charge in [-0.2, -0.15) is 0 Å². The number of hydrogen-bond donors (Lipinski definition) is 2. The Morgan fingerprint density at radius 2 is 1.91 bits per heavy atom. The number of likely N-dealkylation sites (tertiary alicyclic amines) is 1. The van der Waals surface area contributed by atoms with Gasteiger partial charge in [0.15, 0.2) is 5.54 Å². The molecule has 7 nitrogen and oxygen atoms in total. The second kappa shape index (κ2) is 8.56. The van der Waals surface area contributed by atoms with E-state index in [0.717, 1.165) is 5.56 Å². The molecule has 2 amide bonds. The maximum atomic E-state index is 14.1. The summed E-state index contributed by atoms with van der Waals surface area (Å²) in [6, 6.07) is 10.4. The lowest BCUT2D eigenvalue weighted by Crippen LogP contribution is -2.57. The van der Waals surface area contributed by atoms with E-state index in [1.807, 2.05) is 23.1 Å². The number of β-amino-alcohol motifs (C(OH)–C–C–N with tert-alkyl or cyclic N) is 1. The van der Waals surface area contributed by atoms with Crippen molar-refractivity contribution in [3.05, 3.63) is 58.1 Å². The first-order chi connectivity index (χ1) is 15.9. The van der Waals surface area contributed by atoms with E-state index in [9.17, 15) is 14.7 Å². The smallest absolute Gasteiger partial charge is 0.254 e. The fraction of sp³-hybridized carbons (Fsp3) is 0.462. The molecule has 182 valence electrons. The quantitative estimate of drug-likeness (QED) is 0.694. The molecule has 1 saturated heterocycles. The van der Waals surface area contributed by atoms with Crippen LogP contribution in [0.5, 0.6) is 5.75 Å². The molecule has 2 aliphatic heterocycles. The molecule has 2 aromatic rings. The zero-order valence-electron chi connectivity index (χ0n) is 20.5. The number of aliphatic hydroxyl groups excluding tert-OH is 1. The lowest BCUT2D eigenvalue weighted by Gasteiger charge is -2.42. The summed E-state index contributed by atoms with van der Waals surface area (Å²) in [4.78, 5) is 30.7. The Bertz CT molecular complexity index is 1140. The van der Waals surface area contributed by atoms with Gasteiger partial charge >= 0.3 is 0 Å². The van der Waals surface area contributed by atoms with Gasteiger partial charge in [-0.1, -0.05) is 38.4 Å². The van der Waals surface area contributed by atoms with Gasteiger partial charge in [0.05, 0.1) is 19.3 Å². The van der Waals surface area contributed by atoms with Crippen molar-refractivity contribution in [3.8, 4) is 5.75 Å². The minimum atomic E-state index is -1.42. The van der Waals surface area contributed by atoms with Crippen molar-refractivity contribution >= 4 is 29.1 Å². The van der Waals surface area contributed by atoms with Crippen LogP contribution in [-0.4, -0.2) is 66.6 Å². The predicted molar refractivity (Wildman–Crippen MR) is 132 cm³/mol. The summed E-state index contributed by atoms with van der Waals surface area (Å²) in [5, 5.41) is 14.2. The van der Waals surface area contributed by atoms with Crippen molar-refractivity contribution in [2.24, 2.45) is 0 Å². The summed E-state index contributed by atoms with van der Waals surface area (Å²) >= 11 is 6.43. The van der Waals surface area contributed by atoms with Crippen molar-refractivity contribution in [2.75, 3.05) is 33.1 Å². The second-order valence-electron chi connectivity index (χ2n) is 10.3. The normalized spacial score (nSPS) is 24.6. The van der Waals surface area contributed by atoms with Crippen LogP contribution in [-0.2, 0) is 20.5 Å². The molecule has 34 heavy (non-hydrogen) atoms. The molecule has 8 heteroatoms. The van der Waals surface area contributed by atoms with Crippen molar-refractivity contribution in [3.63, 3.8) is 0 Å². The maximum absolute atomic E-state index is 14.1. The Balaban J connectivity index is 2.08. The summed E-state index contributed by atoms with van der Waals surface area (Å²) in [5.41, 5.74) is 1.28. The predicted octanol–water partition coefficient (Wildman–Crippen LogP) is 3.37. The van der Waals surface area contributed by atoms with Gasteiger partial charge < -0.3 is 20.1 Å². The Morgan fingerprint density at radius 1 is 1.21 bits per heavy atom. The molecule has 4 rings (SSSR count). The third-order valence-electron chi connectivity index (χ3n) is 6.84. The summed E-state index contributed by atoms with van der Waals surface area (Å²) in [5.74, 6) is 0.0401. The molecule has 3 atom stereocenters. The number of fused-ring (bicyclic) bond motifs is 1. The van der Waals surface area contributed by atoms with Gasteiger partial charge in [0.25, 0.3) is 5.91 Å². The number of benzene rings is 2. The van der Waals surface area contributed by atoms with Crippen LogP contribution in [0.3, 0.4) is 0 Å². The number of nitrogens with one attached hydrogen (secondary N) is 1. The SMILES string of the molecule is COc1ccc(C(C)(C)C)cc1C1(N2C[C@H](O)C[C@H]2C(=O)N(C)C)C(=O)Nc2ccc(Cl)cc21. The van der Waals surface area contributed by atoms with E-state index in [2.05, 4.69) is 26.1 Å². The van der Waals surface area contributed by atoms with Gasteiger partial charge in [0.2, 0.25) is 5.91 Å². The summed E-state index contributed by atoms with van der Waals surface area (Å²) in [7, 11) is 4.92. The molecule has 0 bridgehead atoms. The van der Waals surface area contributed by atoms with Crippen LogP contribution in [0.25, 0.3) is 0 Å². The highest BCUT2D eigenvalue weighted by Gasteiger charge is 2.59. The molecule has 0 aromatic heterocycles. The molecule has 0 radical (unpaired) electrons. The number of halogens is 1. The molecule has 1 fully saturated rings. The highest BCUT2D eigenvalue weighted by atomic mass is 35.5. The largest absolute Gasteiger partial charge is 0.496 e. The zero-order chi connectivity index (χ0) is 25.0. The molecule has 1 unspecified atom stereocenters. The Kier molecular flexibility index (Phi) is 6.17. The minimum absolute atomic E-state index is 0.145. The monoisotopic (exact) mass is 485 g/mol. The third-order valence-corrected chi connectivity index (χ3v) is 7.07. The van der Waals surface area contributed by atoms with Crippen LogP contribution >= 0.6 is 11.6 Å². The van der Waals surface area contributed by atoms with Gasteiger partial charge in [0, 0.05) is 42.5 Å². The summed E-state index contributed by atoms with van der Waals surface area (Å²) < 4.78 is 5.78. The number of carbonyl (C=O) groups is 2. The first-order valence-electron chi connectivity index (χ1n) is 11.4. The van der Waals surface area contributed by atoms with E-state index in [1.165, 1.54) is 4.90 Å². The van der Waals surface area contributed by atoms with Crippen molar-refractivity contribution in [1.82, 2.24) is 9.80 Å². The number of methoxy groups -OCH3 is 1. The van der Waals surface area contributed by atoms with Crippen molar-refractivity contribution < 1.29 is 19.4 Å². The zero-order valence-corrected chi connectivity index (χ0v) is 21.2. The van der Waals surface area contributed by atoms with E-state index in [-0.39, 0.29) is 30.2 Å². The number of amides is 2. The van der Waals surface area contributed by atoms with Gasteiger partial charge in [-0.05, 0) is 47.7 Å². The number of hydrogen-bond acceptors (Lipinski definition) is 5. The molecule has 2 N–H and O–H groups in total. The number of ether oxygens (including phenoxy) is 1. The number of nitrogens with zero attached hydrogens (tertiary/aromatic N) is 2. The van der Waals surface area contributed by atoms with Crippen LogP contribution < -0.4 is 10.1 Å². The van der Waals surface area contributed by atoms with Crippen molar-refractivity contribution in [1.29, 1.82) is 0 Å². The van der Waals surface area contributed by atoms with Gasteiger partial charge in [-0.3, -0.25) is 14.5 Å². The first-order valence-corrected chi connectivity index (χ1v) is 11.8. The van der Waals surface area contributed by atoms with Crippen molar-refractivity contribution in [2.45, 2.75) is 50.3 Å². The molecule has 0 saturated carbocycles. The fourth-order valence-electron chi connectivity index (χ4n) is 5.14. The van der Waals surface area contributed by atoms with Crippen LogP contribution in [0, 0.1) is 0 Å². The van der Waals surface area contributed by atoms with E-state index >= 15 is 0 Å². The van der Waals surface area contributed by atoms with Gasteiger partial charge in [-0.15, -0.1) is 0 Å². The second-order valence-corrected chi connectivity index (χ2v) is 10.7. The number of carbonyl (C=O) groups excluding carboxylic acids is 2. The summed E-state index contributed by atoms with van der Waals surface area (Å²) in [6.07, 6.45) is -0.540. The molecule has 0 aliphatic carbocycles. The number of rotatable bonds is 4. The highest BCUT2D eigenvalue weighted by molar-refractivity contribution is 6.31. The minimum Gasteiger partial charge on any atom is -0.496 e. The molecule has 2 aliphatic rings. The average Bonchev–Trinajstić information content (AvgIpc) is 3.29. The van der Waals surface area contributed by atoms with Crippen LogP contribution in [0.15, 0.2) is 36.4 Å². The van der Waals surface area contributed by atoms with Gasteiger partial charge in [-0.25, -0.2) is 0 Å². The summed E-state index contributed by atoms with van der Waals surface area (Å²) in [6.45, 7) is 6.45. The number of anilines is 1. The Hall–Kier alpha value is -2.61. The number of likely N-dealkylation sites (N-methyl/N-ethyl adjacent to an activating group) is 1. The van der Waals surface area contributed by atoms with E-state index < -0.39 is 17.7 Å². The lowest BCUT2D eigenvalue weighted by molar-refractivity contribution is -0.138. The molecular formula is C26H32ClN3O4. The fourth-order valence-corrected chi connectivity index (χ4v) is 5.31. The maximum Gasteiger partial charge on any atom is 0.254 e. The molecular weight excluding hydrogens is 454 g/mol. The van der Waals surface area contributed by atoms with E-state index in [1.54, 1.807) is 39.4 Å². The lowest BCUT2D eigenvalue weighted by atomic mass is 9.77. The molecule has 0 spiro atoms. The number of aliphatic hydroxyl groups is 1. The standard InChI is InChI=1S/C26H32ClN3O4/c1-25(2,3)15-7-10-22(34-6)19(11-15)26(18-12-16(27)8-9-20(18)28-24(26)33)30-14-17(31)13-21(30)23(32)29(4)5/h7-12,17,21,31H,13-14H2,1-6H3,(H,28,33)/t17-,21+,26?/m1/s1. The van der Waals surface area contributed by atoms with Crippen LogP contribution in [0.1, 0.15) is 43.9 Å². The van der Waals surface area contributed by atoms with Crippen LogP contribution in [0.2, 0.25) is 5.02 Å². The Labute approximate surface area is 205 Å². The Morgan fingerprint density at radius 3 is 2.53 bits per heavy atom. The van der Waals surface area contributed by atoms with E-state index in [0.29, 0.717) is 27.6 Å². The van der Waals surface area contributed by atoms with Crippen LogP contribution in [0.4, 0.5) is 5.69 Å². The highest BCUT2D eigenvalue weighted by Crippen LogP contribution is 2.52. The topological polar surface area (TPSA) is 82.1 Å². The third kappa shape index (κ3) is 3.76.